The Morgan fingerprint density at radius 1 is 1.31 bits per heavy atom. The molecule has 9 heteroatoms. The molecule has 3 rings (SSSR count). The summed E-state index contributed by atoms with van der Waals surface area (Å²) in [6.07, 6.45) is 1.47. The molecule has 1 amide bonds. The van der Waals surface area contributed by atoms with Crippen LogP contribution in [0.15, 0.2) is 45.9 Å². The number of thioether (sulfide) groups is 1. The van der Waals surface area contributed by atoms with Gasteiger partial charge in [-0.15, -0.1) is 11.8 Å². The number of likely N-dealkylation sites (N-methyl/N-ethyl adjacent to an activating group) is 1. The van der Waals surface area contributed by atoms with Crippen LogP contribution in [-0.2, 0) is 14.8 Å². The lowest BCUT2D eigenvalue weighted by Crippen LogP contribution is -2.48. The molecular formula is C17H21N3O4S2. The molecule has 1 aliphatic heterocycles. The van der Waals surface area contributed by atoms with Gasteiger partial charge in [-0.3, -0.25) is 4.79 Å². The molecule has 0 N–H and O–H groups in total. The highest BCUT2D eigenvalue weighted by atomic mass is 32.2. The lowest BCUT2D eigenvalue weighted by atomic mass is 10.2. The second kappa shape index (κ2) is 7.81. The Balaban J connectivity index is 2.00. The van der Waals surface area contributed by atoms with E-state index in [0.717, 1.165) is 0 Å². The number of aromatic nitrogens is 1. The van der Waals surface area contributed by atoms with Crippen molar-refractivity contribution in [1.82, 2.24) is 14.4 Å². The van der Waals surface area contributed by atoms with E-state index in [0.29, 0.717) is 30.2 Å². The van der Waals surface area contributed by atoms with E-state index in [9.17, 15) is 13.2 Å². The summed E-state index contributed by atoms with van der Waals surface area (Å²) in [6.45, 7) is 4.89. The number of sulfonamides is 1. The summed E-state index contributed by atoms with van der Waals surface area (Å²) in [5, 5.41) is 3.66. The van der Waals surface area contributed by atoms with Gasteiger partial charge in [0.2, 0.25) is 15.9 Å². The van der Waals surface area contributed by atoms with Crippen LogP contribution in [0.5, 0.6) is 0 Å². The van der Waals surface area contributed by atoms with Crippen LogP contribution < -0.4 is 0 Å². The molecule has 1 atom stereocenters. The lowest BCUT2D eigenvalue weighted by molar-refractivity contribution is -0.133. The quantitative estimate of drug-likeness (QED) is 0.746. The van der Waals surface area contributed by atoms with Gasteiger partial charge in [0.1, 0.15) is 6.04 Å². The van der Waals surface area contributed by atoms with Crippen LogP contribution in [0.2, 0.25) is 0 Å². The zero-order chi connectivity index (χ0) is 18.7. The zero-order valence-corrected chi connectivity index (χ0v) is 16.3. The standard InChI is InChI=1S/C17H21N3O4S2/c1-3-19(4-2)17(21)14-11-25-12-20(14)26(22,23)16-8-6-5-7-13(16)15-9-10-18-24-15/h5-10,14H,3-4,11-12H2,1-2H3/t14-/m0/s1. The smallest absolute Gasteiger partial charge is 0.245 e. The fourth-order valence-electron chi connectivity index (χ4n) is 2.98. The van der Waals surface area contributed by atoms with Crippen LogP contribution in [0.1, 0.15) is 13.8 Å². The lowest BCUT2D eigenvalue weighted by Gasteiger charge is -2.28. The number of hydrogen-bond acceptors (Lipinski definition) is 6. The largest absolute Gasteiger partial charge is 0.356 e. The second-order valence-corrected chi connectivity index (χ2v) is 8.65. The Kier molecular flexibility index (Phi) is 5.69. The van der Waals surface area contributed by atoms with Crippen LogP contribution in [0, 0.1) is 0 Å². The maximum Gasteiger partial charge on any atom is 0.245 e. The molecule has 0 unspecified atom stereocenters. The van der Waals surface area contributed by atoms with Crippen LogP contribution in [0.4, 0.5) is 0 Å². The van der Waals surface area contributed by atoms with Gasteiger partial charge in [-0.05, 0) is 26.0 Å². The fourth-order valence-corrected chi connectivity index (χ4v) is 6.31. The van der Waals surface area contributed by atoms with E-state index in [1.807, 2.05) is 13.8 Å². The number of benzene rings is 1. The average Bonchev–Trinajstić information content (AvgIpc) is 3.34. The minimum absolute atomic E-state index is 0.122. The summed E-state index contributed by atoms with van der Waals surface area (Å²) in [5.41, 5.74) is 0.441. The molecule has 7 nitrogen and oxygen atoms in total. The van der Waals surface area contributed by atoms with E-state index in [-0.39, 0.29) is 16.7 Å². The Bertz CT molecular complexity index is 864. The van der Waals surface area contributed by atoms with E-state index in [4.69, 9.17) is 4.52 Å². The minimum atomic E-state index is -3.86. The maximum atomic E-state index is 13.3. The van der Waals surface area contributed by atoms with Gasteiger partial charge < -0.3 is 9.42 Å². The van der Waals surface area contributed by atoms with Gasteiger partial charge in [-0.1, -0.05) is 17.3 Å². The molecule has 0 aliphatic carbocycles. The van der Waals surface area contributed by atoms with Gasteiger partial charge in [-0.25, -0.2) is 8.42 Å². The predicted molar refractivity (Wildman–Crippen MR) is 100 cm³/mol. The van der Waals surface area contributed by atoms with E-state index < -0.39 is 16.1 Å². The van der Waals surface area contributed by atoms with Crippen LogP contribution in [-0.4, -0.2) is 59.4 Å². The highest BCUT2D eigenvalue weighted by molar-refractivity contribution is 8.00. The third kappa shape index (κ3) is 3.38. The maximum absolute atomic E-state index is 13.3. The summed E-state index contributed by atoms with van der Waals surface area (Å²) >= 11 is 1.45. The van der Waals surface area contributed by atoms with Gasteiger partial charge in [0.05, 0.1) is 17.0 Å². The molecule has 0 spiro atoms. The summed E-state index contributed by atoms with van der Waals surface area (Å²) in [6, 6.07) is 7.55. The molecule has 2 aromatic rings. The minimum Gasteiger partial charge on any atom is -0.356 e. The summed E-state index contributed by atoms with van der Waals surface area (Å²) in [4.78, 5) is 14.6. The second-order valence-electron chi connectivity index (χ2n) is 5.79. The number of rotatable bonds is 6. The van der Waals surface area contributed by atoms with Gasteiger partial charge in [0.25, 0.3) is 0 Å². The summed E-state index contributed by atoms with van der Waals surface area (Å²) in [7, 11) is -3.86. The van der Waals surface area contributed by atoms with Crippen LogP contribution in [0.3, 0.4) is 0 Å². The van der Waals surface area contributed by atoms with E-state index >= 15 is 0 Å². The van der Waals surface area contributed by atoms with E-state index in [2.05, 4.69) is 5.16 Å². The van der Waals surface area contributed by atoms with Gasteiger partial charge >= 0.3 is 0 Å². The van der Waals surface area contributed by atoms with Crippen molar-refractivity contribution in [3.8, 4) is 11.3 Å². The van der Waals surface area contributed by atoms with E-state index in [1.54, 1.807) is 29.2 Å². The Morgan fingerprint density at radius 2 is 2.04 bits per heavy atom. The first kappa shape index (κ1) is 18.9. The van der Waals surface area contributed by atoms with Crippen molar-refractivity contribution in [1.29, 1.82) is 0 Å². The highest BCUT2D eigenvalue weighted by Crippen LogP contribution is 2.34. The number of carbonyl (C=O) groups excluding carboxylic acids is 1. The number of hydrogen-bond donors (Lipinski definition) is 0. The Hall–Kier alpha value is -1.84. The van der Waals surface area contributed by atoms with Crippen molar-refractivity contribution < 1.29 is 17.7 Å². The molecular weight excluding hydrogens is 374 g/mol. The molecule has 1 saturated heterocycles. The molecule has 0 saturated carbocycles. The predicted octanol–water partition coefficient (Wildman–Crippen LogP) is 2.27. The monoisotopic (exact) mass is 395 g/mol. The number of nitrogens with zero attached hydrogens (tertiary/aromatic N) is 3. The molecule has 1 aromatic carbocycles. The van der Waals surface area contributed by atoms with Crippen molar-refractivity contribution in [3.63, 3.8) is 0 Å². The highest BCUT2D eigenvalue weighted by Gasteiger charge is 2.42. The van der Waals surface area contributed by atoms with Crippen molar-refractivity contribution in [2.75, 3.05) is 24.7 Å². The number of carbonyl (C=O) groups is 1. The van der Waals surface area contributed by atoms with Crippen molar-refractivity contribution in [2.24, 2.45) is 0 Å². The zero-order valence-electron chi connectivity index (χ0n) is 14.7. The molecule has 1 aliphatic rings. The van der Waals surface area contributed by atoms with Gasteiger partial charge in [0, 0.05) is 30.5 Å². The average molecular weight is 396 g/mol. The van der Waals surface area contributed by atoms with Crippen molar-refractivity contribution in [2.45, 2.75) is 24.8 Å². The first-order valence-electron chi connectivity index (χ1n) is 8.39. The van der Waals surface area contributed by atoms with Crippen molar-refractivity contribution >= 4 is 27.7 Å². The summed E-state index contributed by atoms with van der Waals surface area (Å²) in [5.74, 6) is 0.937. The first-order valence-corrected chi connectivity index (χ1v) is 11.0. The van der Waals surface area contributed by atoms with Gasteiger partial charge in [-0.2, -0.15) is 4.31 Å². The molecule has 0 radical (unpaired) electrons. The third-order valence-electron chi connectivity index (χ3n) is 4.38. The first-order chi connectivity index (χ1) is 12.5. The topological polar surface area (TPSA) is 83.7 Å². The normalized spacial score (nSPS) is 18.2. The molecule has 140 valence electrons. The third-order valence-corrected chi connectivity index (χ3v) is 7.47. The van der Waals surface area contributed by atoms with Crippen LogP contribution in [0.25, 0.3) is 11.3 Å². The molecule has 2 heterocycles. The molecule has 1 fully saturated rings. The number of amides is 1. The molecule has 1 aromatic heterocycles. The molecule has 0 bridgehead atoms. The van der Waals surface area contributed by atoms with Crippen molar-refractivity contribution in [3.05, 3.63) is 36.5 Å². The SMILES string of the molecule is CCN(CC)C(=O)[C@@H]1CSCN1S(=O)(=O)c1ccccc1-c1ccno1. The summed E-state index contributed by atoms with van der Waals surface area (Å²) < 4.78 is 33.1. The van der Waals surface area contributed by atoms with Crippen LogP contribution >= 0.6 is 11.8 Å². The van der Waals surface area contributed by atoms with E-state index in [1.165, 1.54) is 28.3 Å². The Morgan fingerprint density at radius 3 is 2.69 bits per heavy atom. The van der Waals surface area contributed by atoms with Gasteiger partial charge in [0.15, 0.2) is 5.76 Å². The Labute approximate surface area is 157 Å². The molecule has 26 heavy (non-hydrogen) atoms. The fraction of sp³-hybridized carbons (Fsp3) is 0.412.